The van der Waals surface area contributed by atoms with Crippen LogP contribution in [0, 0.1) is 6.92 Å². The summed E-state index contributed by atoms with van der Waals surface area (Å²) in [5, 5.41) is 12.4. The minimum absolute atomic E-state index is 0.0674. The van der Waals surface area contributed by atoms with Gasteiger partial charge in [0, 0.05) is 0 Å². The predicted octanol–water partition coefficient (Wildman–Crippen LogP) is 2.86. The Morgan fingerprint density at radius 1 is 1.30 bits per heavy atom. The molecule has 0 radical (unpaired) electrons. The molecule has 1 aromatic rings. The number of aryl methyl sites for hydroxylation is 1. The van der Waals surface area contributed by atoms with E-state index in [0.717, 1.165) is 17.1 Å². The van der Waals surface area contributed by atoms with E-state index in [1.54, 1.807) is 23.9 Å². The van der Waals surface area contributed by atoms with Gasteiger partial charge in [0.2, 0.25) is 0 Å². The maximum absolute atomic E-state index is 12.7. The van der Waals surface area contributed by atoms with E-state index in [1.807, 2.05) is 26.8 Å². The number of nitrogens with one attached hydrogen (secondary N) is 1. The summed E-state index contributed by atoms with van der Waals surface area (Å²) < 4.78 is 5.77. The molecule has 2 N–H and O–H groups in total. The van der Waals surface area contributed by atoms with Gasteiger partial charge in [-0.05, 0) is 56.7 Å². The molecule has 0 atom stereocenters. The summed E-state index contributed by atoms with van der Waals surface area (Å²) in [7, 11) is 0. The average molecular weight is 337 g/mol. The lowest BCUT2D eigenvalue weighted by molar-refractivity contribution is -0.144. The molecule has 126 valence electrons. The fourth-order valence-electron chi connectivity index (χ4n) is 2.62. The molecule has 0 spiro atoms. The van der Waals surface area contributed by atoms with Gasteiger partial charge >= 0.3 is 5.97 Å². The fraction of sp³-hybridized carbons (Fsp3) is 0.529. The van der Waals surface area contributed by atoms with Crippen LogP contribution in [0.2, 0.25) is 0 Å². The van der Waals surface area contributed by atoms with Crippen molar-refractivity contribution < 1.29 is 19.4 Å². The number of rotatable bonds is 5. The summed E-state index contributed by atoms with van der Waals surface area (Å²) in [6, 6.07) is 5.33. The molecule has 0 aromatic heterocycles. The standard InChI is InChI=1S/C17H23NO4S/c1-11(2)22-14-12(3)5-4-6-13(14)15(19)18-17(16(20)21)7-9-23-10-8-17/h4-6,11H,7-10H2,1-3H3,(H,18,19)(H,20,21). The molecule has 0 aliphatic carbocycles. The lowest BCUT2D eigenvalue weighted by atomic mass is 9.91. The van der Waals surface area contributed by atoms with Crippen LogP contribution in [0.1, 0.15) is 42.6 Å². The van der Waals surface area contributed by atoms with E-state index in [-0.39, 0.29) is 6.10 Å². The fourth-order valence-corrected chi connectivity index (χ4v) is 3.81. The van der Waals surface area contributed by atoms with Crippen LogP contribution in [0.25, 0.3) is 0 Å². The van der Waals surface area contributed by atoms with Gasteiger partial charge in [0.1, 0.15) is 11.3 Å². The number of hydrogen-bond donors (Lipinski definition) is 2. The molecular formula is C17H23NO4S. The lowest BCUT2D eigenvalue weighted by Gasteiger charge is -2.34. The third-order valence-corrected chi connectivity index (χ3v) is 4.90. The van der Waals surface area contributed by atoms with Gasteiger partial charge in [-0.1, -0.05) is 12.1 Å². The molecule has 2 rings (SSSR count). The van der Waals surface area contributed by atoms with Crippen LogP contribution in [0.3, 0.4) is 0 Å². The van der Waals surface area contributed by atoms with Gasteiger partial charge in [-0.2, -0.15) is 11.8 Å². The van der Waals surface area contributed by atoms with Crippen molar-refractivity contribution in [3.05, 3.63) is 29.3 Å². The molecular weight excluding hydrogens is 314 g/mol. The summed E-state index contributed by atoms with van der Waals surface area (Å²) in [4.78, 5) is 24.4. The van der Waals surface area contributed by atoms with Crippen molar-refractivity contribution >= 4 is 23.6 Å². The molecule has 0 saturated carbocycles. The monoisotopic (exact) mass is 337 g/mol. The Morgan fingerprint density at radius 3 is 2.52 bits per heavy atom. The minimum atomic E-state index is -1.18. The second-order valence-corrected chi connectivity index (χ2v) is 7.30. The molecule has 1 aliphatic heterocycles. The quantitative estimate of drug-likeness (QED) is 0.864. The number of hydrogen-bond acceptors (Lipinski definition) is 4. The highest BCUT2D eigenvalue weighted by molar-refractivity contribution is 7.99. The first-order chi connectivity index (χ1) is 10.9. The number of carbonyl (C=O) groups is 2. The van der Waals surface area contributed by atoms with Crippen LogP contribution in [0.15, 0.2) is 18.2 Å². The summed E-state index contributed by atoms with van der Waals surface area (Å²) in [6.45, 7) is 5.66. The highest BCUT2D eigenvalue weighted by atomic mass is 32.2. The minimum Gasteiger partial charge on any atom is -0.490 e. The molecule has 1 aliphatic rings. The van der Waals surface area contributed by atoms with Crippen molar-refractivity contribution in [3.63, 3.8) is 0 Å². The van der Waals surface area contributed by atoms with E-state index in [9.17, 15) is 14.7 Å². The van der Waals surface area contributed by atoms with Crippen molar-refractivity contribution in [2.75, 3.05) is 11.5 Å². The number of para-hydroxylation sites is 1. The van der Waals surface area contributed by atoms with Gasteiger partial charge in [0.15, 0.2) is 0 Å². The largest absolute Gasteiger partial charge is 0.490 e. The highest BCUT2D eigenvalue weighted by Gasteiger charge is 2.41. The maximum Gasteiger partial charge on any atom is 0.329 e. The molecule has 5 nitrogen and oxygen atoms in total. The maximum atomic E-state index is 12.7. The number of carboxylic acids is 1. The smallest absolute Gasteiger partial charge is 0.329 e. The molecule has 0 unspecified atom stereocenters. The topological polar surface area (TPSA) is 75.6 Å². The van der Waals surface area contributed by atoms with Crippen LogP contribution in [-0.2, 0) is 4.79 Å². The first kappa shape index (κ1) is 17.7. The Morgan fingerprint density at radius 2 is 1.96 bits per heavy atom. The summed E-state index contributed by atoms with van der Waals surface area (Å²) >= 11 is 1.71. The van der Waals surface area contributed by atoms with Crippen molar-refractivity contribution in [3.8, 4) is 5.75 Å². The van der Waals surface area contributed by atoms with Crippen LogP contribution in [0.5, 0.6) is 5.75 Å². The van der Waals surface area contributed by atoms with Gasteiger partial charge < -0.3 is 15.2 Å². The molecule has 1 amide bonds. The first-order valence-electron chi connectivity index (χ1n) is 7.75. The number of benzene rings is 1. The van der Waals surface area contributed by atoms with E-state index in [1.165, 1.54) is 0 Å². The zero-order chi connectivity index (χ0) is 17.0. The van der Waals surface area contributed by atoms with Crippen LogP contribution < -0.4 is 10.1 Å². The summed E-state index contributed by atoms with van der Waals surface area (Å²) in [5.74, 6) is 0.625. The Kier molecular flexibility index (Phi) is 5.57. The number of amides is 1. The molecule has 0 bridgehead atoms. The number of carboxylic acid groups (broad SMARTS) is 1. The summed E-state index contributed by atoms with van der Waals surface area (Å²) in [6.07, 6.45) is 0.803. The Labute approximate surface area is 140 Å². The molecule has 1 heterocycles. The number of aliphatic carboxylic acids is 1. The van der Waals surface area contributed by atoms with Gasteiger partial charge in [-0.15, -0.1) is 0 Å². The van der Waals surface area contributed by atoms with Gasteiger partial charge in [0.05, 0.1) is 11.7 Å². The Bertz CT molecular complexity index is 594. The predicted molar refractivity (Wildman–Crippen MR) is 91.3 cm³/mol. The zero-order valence-electron chi connectivity index (χ0n) is 13.7. The molecule has 1 fully saturated rings. The van der Waals surface area contributed by atoms with E-state index in [0.29, 0.717) is 24.2 Å². The molecule has 6 heteroatoms. The van der Waals surface area contributed by atoms with Crippen LogP contribution in [-0.4, -0.2) is 40.1 Å². The number of carbonyl (C=O) groups excluding carboxylic acids is 1. The van der Waals surface area contributed by atoms with Crippen LogP contribution >= 0.6 is 11.8 Å². The highest BCUT2D eigenvalue weighted by Crippen LogP contribution is 2.30. The third-order valence-electron chi connectivity index (χ3n) is 3.92. The van der Waals surface area contributed by atoms with E-state index >= 15 is 0 Å². The van der Waals surface area contributed by atoms with E-state index in [4.69, 9.17) is 4.74 Å². The average Bonchev–Trinajstić information content (AvgIpc) is 2.49. The van der Waals surface area contributed by atoms with Crippen molar-refractivity contribution in [2.24, 2.45) is 0 Å². The van der Waals surface area contributed by atoms with E-state index < -0.39 is 17.4 Å². The van der Waals surface area contributed by atoms with E-state index in [2.05, 4.69) is 5.32 Å². The molecule has 1 saturated heterocycles. The second-order valence-electron chi connectivity index (χ2n) is 6.07. The molecule has 1 aromatic carbocycles. The van der Waals surface area contributed by atoms with Gasteiger partial charge in [0.25, 0.3) is 5.91 Å². The Hall–Kier alpha value is -1.69. The van der Waals surface area contributed by atoms with Gasteiger partial charge in [-0.25, -0.2) is 4.79 Å². The van der Waals surface area contributed by atoms with Crippen molar-refractivity contribution in [2.45, 2.75) is 45.3 Å². The lowest BCUT2D eigenvalue weighted by Crippen LogP contribution is -2.56. The van der Waals surface area contributed by atoms with Crippen molar-refractivity contribution in [1.82, 2.24) is 5.32 Å². The normalized spacial score (nSPS) is 16.9. The zero-order valence-corrected chi connectivity index (χ0v) is 14.5. The second kappa shape index (κ2) is 7.25. The van der Waals surface area contributed by atoms with Crippen LogP contribution in [0.4, 0.5) is 0 Å². The first-order valence-corrected chi connectivity index (χ1v) is 8.91. The van der Waals surface area contributed by atoms with Crippen molar-refractivity contribution in [1.29, 1.82) is 0 Å². The molecule has 23 heavy (non-hydrogen) atoms. The SMILES string of the molecule is Cc1cccc(C(=O)NC2(C(=O)O)CCSCC2)c1OC(C)C. The third kappa shape index (κ3) is 3.99. The Balaban J connectivity index is 2.29. The number of ether oxygens (including phenoxy) is 1. The summed E-state index contributed by atoms with van der Waals surface area (Å²) in [5.41, 5.74) is 0.0636. The number of thioether (sulfide) groups is 1. The van der Waals surface area contributed by atoms with Gasteiger partial charge in [-0.3, -0.25) is 4.79 Å².